The van der Waals surface area contributed by atoms with Crippen molar-refractivity contribution in [1.82, 2.24) is 9.36 Å². The van der Waals surface area contributed by atoms with Gasteiger partial charge in [-0.2, -0.15) is 0 Å². The molecule has 0 aliphatic heterocycles. The second-order valence-electron chi connectivity index (χ2n) is 6.14. The second kappa shape index (κ2) is 8.19. The van der Waals surface area contributed by atoms with E-state index in [4.69, 9.17) is 16.3 Å². The van der Waals surface area contributed by atoms with Crippen LogP contribution >= 0.6 is 11.6 Å². The zero-order valence-corrected chi connectivity index (χ0v) is 16.3. The summed E-state index contributed by atoms with van der Waals surface area (Å²) in [6.07, 6.45) is 0. The van der Waals surface area contributed by atoms with Crippen LogP contribution in [0.1, 0.15) is 5.69 Å². The third-order valence-electron chi connectivity index (χ3n) is 4.30. The van der Waals surface area contributed by atoms with E-state index in [9.17, 15) is 19.7 Å². The minimum atomic E-state index is -0.654. The molecule has 0 bridgehead atoms. The van der Waals surface area contributed by atoms with E-state index in [1.54, 1.807) is 42.9 Å². The van der Waals surface area contributed by atoms with E-state index in [1.165, 1.54) is 16.8 Å². The fourth-order valence-electron chi connectivity index (χ4n) is 2.79. The van der Waals surface area contributed by atoms with Crippen LogP contribution in [-0.2, 0) is 11.8 Å². The number of nitrogens with zero attached hydrogens (tertiary/aromatic N) is 3. The number of carbonyl (C=O) groups is 1. The van der Waals surface area contributed by atoms with Gasteiger partial charge in [0, 0.05) is 18.1 Å². The average Bonchev–Trinajstić information content (AvgIpc) is 2.90. The highest BCUT2D eigenvalue weighted by atomic mass is 35.5. The van der Waals surface area contributed by atoms with E-state index in [2.05, 4.69) is 5.32 Å². The van der Waals surface area contributed by atoms with Crippen LogP contribution in [0.4, 0.5) is 11.4 Å². The molecule has 29 heavy (non-hydrogen) atoms. The number of para-hydroxylation sites is 1. The molecule has 10 heteroatoms. The van der Waals surface area contributed by atoms with Crippen LogP contribution in [0.15, 0.2) is 53.3 Å². The van der Waals surface area contributed by atoms with E-state index < -0.39 is 23.0 Å². The molecule has 0 spiro atoms. The van der Waals surface area contributed by atoms with E-state index in [1.807, 2.05) is 6.07 Å². The molecule has 2 aromatic carbocycles. The van der Waals surface area contributed by atoms with E-state index in [0.717, 1.165) is 6.07 Å². The molecule has 1 amide bonds. The van der Waals surface area contributed by atoms with Gasteiger partial charge in [-0.25, -0.2) is 4.68 Å². The number of nitro benzene ring substituents is 1. The SMILES string of the molecule is Cc1c(NC(=O)COc2ccc(Cl)cc2[N+](=O)[O-])c(=O)n(-c2ccccc2)n1C. The first-order chi connectivity index (χ1) is 13.8. The highest BCUT2D eigenvalue weighted by molar-refractivity contribution is 6.30. The van der Waals surface area contributed by atoms with Gasteiger partial charge in [0.2, 0.25) is 0 Å². The second-order valence-corrected chi connectivity index (χ2v) is 6.58. The molecule has 0 unspecified atom stereocenters. The fourth-order valence-corrected chi connectivity index (χ4v) is 2.95. The summed E-state index contributed by atoms with van der Waals surface area (Å²) < 4.78 is 8.31. The lowest BCUT2D eigenvalue weighted by molar-refractivity contribution is -0.385. The number of nitrogens with one attached hydrogen (secondary N) is 1. The Labute approximate surface area is 170 Å². The van der Waals surface area contributed by atoms with Crippen molar-refractivity contribution >= 4 is 28.9 Å². The fraction of sp³-hybridized carbons (Fsp3) is 0.158. The van der Waals surface area contributed by atoms with Crippen molar-refractivity contribution in [3.63, 3.8) is 0 Å². The van der Waals surface area contributed by atoms with Gasteiger partial charge in [0.15, 0.2) is 12.4 Å². The molecule has 0 radical (unpaired) electrons. The molecule has 0 fully saturated rings. The van der Waals surface area contributed by atoms with Crippen LogP contribution in [-0.4, -0.2) is 26.8 Å². The molecule has 0 saturated heterocycles. The lowest BCUT2D eigenvalue weighted by Gasteiger charge is -2.08. The zero-order valence-electron chi connectivity index (χ0n) is 15.6. The summed E-state index contributed by atoms with van der Waals surface area (Å²) in [4.78, 5) is 35.5. The number of amides is 1. The van der Waals surface area contributed by atoms with Crippen molar-refractivity contribution in [2.45, 2.75) is 6.92 Å². The quantitative estimate of drug-likeness (QED) is 0.490. The maximum absolute atomic E-state index is 12.8. The molecule has 1 heterocycles. The molecule has 1 N–H and O–H groups in total. The van der Waals surface area contributed by atoms with Gasteiger partial charge in [0.1, 0.15) is 5.69 Å². The Hall–Kier alpha value is -3.59. The summed E-state index contributed by atoms with van der Waals surface area (Å²) in [7, 11) is 1.70. The van der Waals surface area contributed by atoms with Gasteiger partial charge in [-0.05, 0) is 31.2 Å². The predicted octanol–water partition coefficient (Wildman–Crippen LogP) is 3.06. The van der Waals surface area contributed by atoms with Crippen molar-refractivity contribution in [1.29, 1.82) is 0 Å². The van der Waals surface area contributed by atoms with Gasteiger partial charge < -0.3 is 10.1 Å². The summed E-state index contributed by atoms with van der Waals surface area (Å²) in [5.74, 6) is -0.721. The third-order valence-corrected chi connectivity index (χ3v) is 4.53. The lowest BCUT2D eigenvalue weighted by Crippen LogP contribution is -2.25. The highest BCUT2D eigenvalue weighted by Gasteiger charge is 2.20. The number of hydrogen-bond donors (Lipinski definition) is 1. The molecule has 0 saturated carbocycles. The average molecular weight is 417 g/mol. The lowest BCUT2D eigenvalue weighted by atomic mass is 10.3. The standard InChI is InChI=1S/C19H17ClN4O5/c1-12-18(19(26)23(22(12)2)14-6-4-3-5-7-14)21-17(25)11-29-16-9-8-13(20)10-15(16)24(27)28/h3-10H,11H2,1-2H3,(H,21,25). The topological polar surface area (TPSA) is 108 Å². The van der Waals surface area contributed by atoms with Gasteiger partial charge in [-0.1, -0.05) is 29.8 Å². The number of ether oxygens (including phenoxy) is 1. The normalized spacial score (nSPS) is 10.6. The Morgan fingerprint density at radius 1 is 1.24 bits per heavy atom. The molecule has 9 nitrogen and oxygen atoms in total. The summed E-state index contributed by atoms with van der Waals surface area (Å²) in [6, 6.07) is 12.8. The maximum Gasteiger partial charge on any atom is 0.312 e. The zero-order chi connectivity index (χ0) is 21.1. The minimum Gasteiger partial charge on any atom is -0.477 e. The van der Waals surface area contributed by atoms with E-state index in [0.29, 0.717) is 11.4 Å². The van der Waals surface area contributed by atoms with Crippen LogP contribution in [0.5, 0.6) is 5.75 Å². The Morgan fingerprint density at radius 2 is 1.93 bits per heavy atom. The summed E-state index contributed by atoms with van der Waals surface area (Å²) in [5.41, 5.74) is 0.548. The van der Waals surface area contributed by atoms with Crippen molar-refractivity contribution < 1.29 is 14.5 Å². The molecule has 1 aromatic heterocycles. The van der Waals surface area contributed by atoms with Gasteiger partial charge in [0.25, 0.3) is 11.5 Å². The first kappa shape index (κ1) is 20.2. The molecule has 3 rings (SSSR count). The van der Waals surface area contributed by atoms with Gasteiger partial charge in [-0.15, -0.1) is 0 Å². The number of halogens is 1. The van der Waals surface area contributed by atoms with Gasteiger partial charge in [0.05, 0.1) is 16.3 Å². The summed E-state index contributed by atoms with van der Waals surface area (Å²) in [5, 5.41) is 13.8. The smallest absolute Gasteiger partial charge is 0.312 e. The van der Waals surface area contributed by atoms with Crippen LogP contribution in [0.2, 0.25) is 5.02 Å². The van der Waals surface area contributed by atoms with Crippen molar-refractivity contribution in [2.24, 2.45) is 7.05 Å². The molecule has 0 atom stereocenters. The van der Waals surface area contributed by atoms with Crippen LogP contribution < -0.4 is 15.6 Å². The minimum absolute atomic E-state index is 0.0963. The molecular formula is C19H17ClN4O5. The monoisotopic (exact) mass is 416 g/mol. The van der Waals surface area contributed by atoms with Crippen LogP contribution in [0, 0.1) is 17.0 Å². The number of nitro groups is 1. The Balaban J connectivity index is 1.79. The van der Waals surface area contributed by atoms with Crippen molar-refractivity contribution in [2.75, 3.05) is 11.9 Å². The number of aromatic nitrogens is 2. The molecule has 3 aromatic rings. The summed E-state index contributed by atoms with van der Waals surface area (Å²) in [6.45, 7) is 1.18. The van der Waals surface area contributed by atoms with E-state index >= 15 is 0 Å². The summed E-state index contributed by atoms with van der Waals surface area (Å²) >= 11 is 5.75. The number of benzene rings is 2. The molecule has 0 aliphatic carbocycles. The number of rotatable bonds is 6. The first-order valence-electron chi connectivity index (χ1n) is 8.50. The number of hydrogen-bond acceptors (Lipinski definition) is 5. The van der Waals surface area contributed by atoms with Crippen molar-refractivity contribution in [3.05, 3.63) is 79.7 Å². The maximum atomic E-state index is 12.8. The largest absolute Gasteiger partial charge is 0.477 e. The number of anilines is 1. The third kappa shape index (κ3) is 4.14. The van der Waals surface area contributed by atoms with Crippen LogP contribution in [0.3, 0.4) is 0 Å². The van der Waals surface area contributed by atoms with Crippen molar-refractivity contribution in [3.8, 4) is 11.4 Å². The molecular weight excluding hydrogens is 400 g/mol. The Kier molecular flexibility index (Phi) is 5.69. The Bertz CT molecular complexity index is 1140. The van der Waals surface area contributed by atoms with Gasteiger partial charge in [-0.3, -0.25) is 24.4 Å². The Morgan fingerprint density at radius 3 is 2.59 bits per heavy atom. The van der Waals surface area contributed by atoms with E-state index in [-0.39, 0.29) is 22.1 Å². The highest BCUT2D eigenvalue weighted by Crippen LogP contribution is 2.29. The molecule has 0 aliphatic rings. The van der Waals surface area contributed by atoms with Crippen LogP contribution in [0.25, 0.3) is 5.69 Å². The molecule has 150 valence electrons. The predicted molar refractivity (Wildman–Crippen MR) is 108 cm³/mol. The number of carbonyl (C=O) groups excluding carboxylic acids is 1. The first-order valence-corrected chi connectivity index (χ1v) is 8.88. The van der Waals surface area contributed by atoms with Gasteiger partial charge >= 0.3 is 5.69 Å².